The van der Waals surface area contributed by atoms with Gasteiger partial charge in [0, 0.05) is 24.2 Å². The summed E-state index contributed by atoms with van der Waals surface area (Å²) in [5.41, 5.74) is 1.10. The maximum Gasteiger partial charge on any atom is 0.266 e. The number of carbonyl (C=O) groups excluding carboxylic acids is 1. The maximum absolute atomic E-state index is 13.7. The molecule has 1 amide bonds. The number of hydrogen-bond acceptors (Lipinski definition) is 5. The predicted molar refractivity (Wildman–Crippen MR) is 115 cm³/mol. The Labute approximate surface area is 183 Å². The monoisotopic (exact) mass is 443 g/mol. The molecule has 0 aliphatic rings. The van der Waals surface area contributed by atoms with Crippen LogP contribution in [0.2, 0.25) is 0 Å². The van der Waals surface area contributed by atoms with Crippen molar-refractivity contribution in [2.24, 2.45) is 0 Å². The van der Waals surface area contributed by atoms with Crippen LogP contribution in [0, 0.1) is 11.6 Å². The molecule has 1 N–H and O–H groups in total. The first-order valence-electron chi connectivity index (χ1n) is 10.1. The molecule has 0 fully saturated rings. The number of nitrogens with zero attached hydrogens (tertiary/aromatic N) is 2. The highest BCUT2D eigenvalue weighted by molar-refractivity contribution is 5.80. The Morgan fingerprint density at radius 1 is 1.12 bits per heavy atom. The highest BCUT2D eigenvalue weighted by Gasteiger charge is 2.17. The summed E-state index contributed by atoms with van der Waals surface area (Å²) in [5, 5.41) is 6.96. The lowest BCUT2D eigenvalue weighted by atomic mass is 10.1. The summed E-state index contributed by atoms with van der Waals surface area (Å²) in [6.45, 7) is 4.15. The summed E-state index contributed by atoms with van der Waals surface area (Å²) in [5.74, 6) is -1.63. The lowest BCUT2D eigenvalue weighted by Crippen LogP contribution is -2.39. The number of benzene rings is 2. The third-order valence-electron chi connectivity index (χ3n) is 4.52. The van der Waals surface area contributed by atoms with Crippen LogP contribution in [0.3, 0.4) is 0 Å². The Hall–Kier alpha value is -3.75. The molecule has 0 aliphatic heterocycles. The highest BCUT2D eigenvalue weighted by atomic mass is 19.1. The van der Waals surface area contributed by atoms with E-state index in [0.717, 1.165) is 23.4 Å². The number of ether oxygens (including phenoxy) is 2. The van der Waals surface area contributed by atoms with E-state index in [1.807, 2.05) is 31.2 Å². The van der Waals surface area contributed by atoms with Crippen LogP contribution in [0.15, 0.2) is 59.4 Å². The van der Waals surface area contributed by atoms with Crippen LogP contribution in [0.1, 0.15) is 13.8 Å². The number of halogens is 2. The molecule has 1 unspecified atom stereocenters. The number of carbonyl (C=O) groups is 1. The number of amides is 1. The molecule has 1 aromatic heterocycles. The molecule has 32 heavy (non-hydrogen) atoms. The fourth-order valence-electron chi connectivity index (χ4n) is 2.90. The van der Waals surface area contributed by atoms with Crippen LogP contribution in [-0.4, -0.2) is 34.9 Å². The molecule has 7 nitrogen and oxygen atoms in total. The van der Waals surface area contributed by atoms with Gasteiger partial charge >= 0.3 is 0 Å². The summed E-state index contributed by atoms with van der Waals surface area (Å²) in [7, 11) is 0. The predicted octanol–water partition coefficient (Wildman–Crippen LogP) is 3.17. The van der Waals surface area contributed by atoms with Gasteiger partial charge in [-0.25, -0.2) is 13.5 Å². The standard InChI is InChI=1S/C23H23F2N3O4/c1-3-31-18-7-4-16(5-8-18)20-9-11-22(29)28(27-20)13-12-26-23(30)15(2)32-21-10-6-17(24)14-19(21)25/h4-11,14-15H,3,12-13H2,1-2H3,(H,26,30). The Kier molecular flexibility index (Phi) is 7.54. The second-order valence-corrected chi connectivity index (χ2v) is 6.86. The largest absolute Gasteiger partial charge is 0.494 e. The van der Waals surface area contributed by atoms with Crippen molar-refractivity contribution < 1.29 is 23.0 Å². The van der Waals surface area contributed by atoms with Gasteiger partial charge < -0.3 is 14.8 Å². The molecule has 0 bridgehead atoms. The third-order valence-corrected chi connectivity index (χ3v) is 4.52. The Bertz CT molecular complexity index is 1130. The van der Waals surface area contributed by atoms with Crippen LogP contribution in [-0.2, 0) is 11.3 Å². The van der Waals surface area contributed by atoms with Crippen LogP contribution < -0.4 is 20.3 Å². The summed E-state index contributed by atoms with van der Waals surface area (Å²) < 4.78 is 38.6. The van der Waals surface area contributed by atoms with Crippen molar-refractivity contribution in [3.63, 3.8) is 0 Å². The zero-order chi connectivity index (χ0) is 23.1. The SMILES string of the molecule is CCOc1ccc(-c2ccc(=O)n(CCNC(=O)C(C)Oc3ccc(F)cc3F)n2)cc1. The van der Waals surface area contributed by atoms with Gasteiger partial charge in [-0.1, -0.05) is 0 Å². The number of aromatic nitrogens is 2. The minimum absolute atomic E-state index is 0.109. The van der Waals surface area contributed by atoms with E-state index in [-0.39, 0.29) is 24.4 Å². The second kappa shape index (κ2) is 10.5. The summed E-state index contributed by atoms with van der Waals surface area (Å²) in [6.07, 6.45) is -1.02. The molecule has 1 atom stereocenters. The molecular formula is C23H23F2N3O4. The first kappa shape index (κ1) is 22.9. The van der Waals surface area contributed by atoms with Gasteiger partial charge in [0.15, 0.2) is 17.7 Å². The average Bonchev–Trinajstić information content (AvgIpc) is 2.77. The molecule has 168 valence electrons. The molecule has 1 heterocycles. The van der Waals surface area contributed by atoms with Gasteiger partial charge in [0.1, 0.15) is 11.6 Å². The summed E-state index contributed by atoms with van der Waals surface area (Å²) in [4.78, 5) is 24.4. The minimum Gasteiger partial charge on any atom is -0.494 e. The Balaban J connectivity index is 1.58. The van der Waals surface area contributed by atoms with E-state index in [2.05, 4.69) is 10.4 Å². The molecule has 0 saturated carbocycles. The number of rotatable bonds is 9. The summed E-state index contributed by atoms with van der Waals surface area (Å²) >= 11 is 0. The first-order chi connectivity index (χ1) is 15.4. The van der Waals surface area contributed by atoms with E-state index < -0.39 is 23.6 Å². The van der Waals surface area contributed by atoms with Crippen LogP contribution in [0.5, 0.6) is 11.5 Å². The molecular weight excluding hydrogens is 420 g/mol. The van der Waals surface area contributed by atoms with Crippen LogP contribution in [0.25, 0.3) is 11.3 Å². The Morgan fingerprint density at radius 2 is 1.88 bits per heavy atom. The smallest absolute Gasteiger partial charge is 0.266 e. The van der Waals surface area contributed by atoms with E-state index in [1.165, 1.54) is 17.7 Å². The van der Waals surface area contributed by atoms with Gasteiger partial charge in [-0.2, -0.15) is 5.10 Å². The van der Waals surface area contributed by atoms with Crippen LogP contribution in [0.4, 0.5) is 8.78 Å². The molecule has 2 aromatic carbocycles. The zero-order valence-electron chi connectivity index (χ0n) is 17.7. The van der Waals surface area contributed by atoms with Crippen molar-refractivity contribution >= 4 is 5.91 Å². The van der Waals surface area contributed by atoms with E-state index >= 15 is 0 Å². The van der Waals surface area contributed by atoms with E-state index in [9.17, 15) is 18.4 Å². The first-order valence-corrected chi connectivity index (χ1v) is 10.1. The van der Waals surface area contributed by atoms with Crippen LogP contribution >= 0.6 is 0 Å². The van der Waals surface area contributed by atoms with Gasteiger partial charge in [-0.05, 0) is 56.3 Å². The van der Waals surface area contributed by atoms with Gasteiger partial charge in [-0.15, -0.1) is 0 Å². The van der Waals surface area contributed by atoms with Crippen molar-refractivity contribution in [2.45, 2.75) is 26.5 Å². The average molecular weight is 443 g/mol. The quantitative estimate of drug-likeness (QED) is 0.549. The fraction of sp³-hybridized carbons (Fsp3) is 0.261. The normalized spacial score (nSPS) is 11.6. The summed E-state index contributed by atoms with van der Waals surface area (Å²) in [6, 6.07) is 13.2. The van der Waals surface area contributed by atoms with Gasteiger partial charge in [0.2, 0.25) is 0 Å². The number of nitrogens with one attached hydrogen (secondary N) is 1. The third kappa shape index (κ3) is 5.90. The lowest BCUT2D eigenvalue weighted by Gasteiger charge is -2.15. The zero-order valence-corrected chi connectivity index (χ0v) is 17.7. The molecule has 0 spiro atoms. The molecule has 0 aliphatic carbocycles. The van der Waals surface area contributed by atoms with E-state index in [4.69, 9.17) is 9.47 Å². The molecule has 0 radical (unpaired) electrons. The topological polar surface area (TPSA) is 82.5 Å². The van der Waals surface area contributed by atoms with Crippen molar-refractivity contribution in [3.8, 4) is 22.8 Å². The fourth-order valence-corrected chi connectivity index (χ4v) is 2.90. The number of hydrogen-bond donors (Lipinski definition) is 1. The van der Waals surface area contributed by atoms with Crippen molar-refractivity contribution in [2.75, 3.05) is 13.2 Å². The highest BCUT2D eigenvalue weighted by Crippen LogP contribution is 2.20. The van der Waals surface area contributed by atoms with Gasteiger partial charge in [-0.3, -0.25) is 9.59 Å². The van der Waals surface area contributed by atoms with Gasteiger partial charge in [0.25, 0.3) is 11.5 Å². The Morgan fingerprint density at radius 3 is 2.56 bits per heavy atom. The lowest BCUT2D eigenvalue weighted by molar-refractivity contribution is -0.127. The second-order valence-electron chi connectivity index (χ2n) is 6.86. The molecule has 9 heteroatoms. The maximum atomic E-state index is 13.7. The van der Waals surface area contributed by atoms with Crippen molar-refractivity contribution in [1.29, 1.82) is 0 Å². The van der Waals surface area contributed by atoms with Crippen molar-refractivity contribution in [3.05, 3.63) is 76.6 Å². The van der Waals surface area contributed by atoms with Gasteiger partial charge in [0.05, 0.1) is 18.8 Å². The minimum atomic E-state index is -1.02. The van der Waals surface area contributed by atoms with E-state index in [1.54, 1.807) is 6.07 Å². The molecule has 0 saturated heterocycles. The molecule has 3 aromatic rings. The van der Waals surface area contributed by atoms with Crippen molar-refractivity contribution in [1.82, 2.24) is 15.1 Å². The molecule has 3 rings (SSSR count). The van der Waals surface area contributed by atoms with E-state index in [0.29, 0.717) is 18.4 Å².